The van der Waals surface area contributed by atoms with Gasteiger partial charge in [-0.05, 0) is 43.9 Å². The zero-order valence-electron chi connectivity index (χ0n) is 12.7. The average Bonchev–Trinajstić information content (AvgIpc) is 3.17. The van der Waals surface area contributed by atoms with E-state index < -0.39 is 0 Å². The molecule has 1 fully saturated rings. The van der Waals surface area contributed by atoms with Gasteiger partial charge in [0.1, 0.15) is 0 Å². The third-order valence-corrected chi connectivity index (χ3v) is 4.28. The van der Waals surface area contributed by atoms with Crippen molar-refractivity contribution in [1.82, 2.24) is 20.4 Å². The summed E-state index contributed by atoms with van der Waals surface area (Å²) in [5, 5.41) is 7.79. The van der Waals surface area contributed by atoms with Crippen LogP contribution in [0.15, 0.2) is 23.0 Å². The highest BCUT2D eigenvalue weighted by molar-refractivity contribution is 5.58. The number of pyridine rings is 1. The molecule has 0 bridgehead atoms. The summed E-state index contributed by atoms with van der Waals surface area (Å²) in [6, 6.07) is 1.96. The maximum Gasteiger partial charge on any atom is 0.247 e. The predicted molar refractivity (Wildman–Crippen MR) is 80.7 cm³/mol. The van der Waals surface area contributed by atoms with Gasteiger partial charge >= 0.3 is 0 Å². The Bertz CT molecular complexity index is 602. The Balaban J connectivity index is 1.96. The highest BCUT2D eigenvalue weighted by atomic mass is 16.5. The van der Waals surface area contributed by atoms with Crippen molar-refractivity contribution in [3.63, 3.8) is 0 Å². The maximum absolute atomic E-state index is 5.61. The Morgan fingerprint density at radius 3 is 3.00 bits per heavy atom. The van der Waals surface area contributed by atoms with Gasteiger partial charge in [0.2, 0.25) is 11.7 Å². The summed E-state index contributed by atoms with van der Waals surface area (Å²) in [6.07, 6.45) is 8.92. The first kappa shape index (κ1) is 14.2. The molecule has 1 aliphatic rings. The highest BCUT2D eigenvalue weighted by Crippen LogP contribution is 2.35. The van der Waals surface area contributed by atoms with Crippen LogP contribution in [0.25, 0.3) is 11.4 Å². The second kappa shape index (κ2) is 5.93. The quantitative estimate of drug-likeness (QED) is 0.915. The molecule has 1 atom stereocenters. The van der Waals surface area contributed by atoms with E-state index in [-0.39, 0.29) is 5.54 Å². The largest absolute Gasteiger partial charge is 0.337 e. The van der Waals surface area contributed by atoms with Crippen LogP contribution in [0.3, 0.4) is 0 Å². The normalized spacial score (nSPS) is 21.8. The summed E-state index contributed by atoms with van der Waals surface area (Å²) in [5.74, 6) is 1.41. The van der Waals surface area contributed by atoms with Gasteiger partial charge in [-0.15, -0.1) is 0 Å². The van der Waals surface area contributed by atoms with Gasteiger partial charge in [-0.3, -0.25) is 4.98 Å². The van der Waals surface area contributed by atoms with E-state index in [1.807, 2.05) is 12.3 Å². The van der Waals surface area contributed by atoms with E-state index in [4.69, 9.17) is 9.51 Å². The Kier molecular flexibility index (Phi) is 4.01. The smallest absolute Gasteiger partial charge is 0.247 e. The lowest BCUT2D eigenvalue weighted by Gasteiger charge is -2.24. The van der Waals surface area contributed by atoms with Crippen LogP contribution < -0.4 is 5.32 Å². The van der Waals surface area contributed by atoms with Crippen LogP contribution >= 0.6 is 0 Å². The van der Waals surface area contributed by atoms with Crippen LogP contribution in [0.2, 0.25) is 0 Å². The fourth-order valence-electron chi connectivity index (χ4n) is 3.19. The molecule has 0 amide bonds. The number of rotatable bonds is 5. The monoisotopic (exact) mass is 286 g/mol. The third-order valence-electron chi connectivity index (χ3n) is 4.28. The summed E-state index contributed by atoms with van der Waals surface area (Å²) in [4.78, 5) is 8.86. The van der Waals surface area contributed by atoms with E-state index in [0.717, 1.165) is 55.7 Å². The number of aryl methyl sites for hydroxylation is 1. The number of hydrogen-bond donors (Lipinski definition) is 1. The molecule has 21 heavy (non-hydrogen) atoms. The van der Waals surface area contributed by atoms with E-state index in [9.17, 15) is 0 Å². The molecule has 0 radical (unpaired) electrons. The number of nitrogens with zero attached hydrogens (tertiary/aromatic N) is 3. The van der Waals surface area contributed by atoms with Gasteiger partial charge < -0.3 is 9.84 Å². The second-order valence-corrected chi connectivity index (χ2v) is 5.67. The van der Waals surface area contributed by atoms with Gasteiger partial charge in [-0.25, -0.2) is 0 Å². The van der Waals surface area contributed by atoms with Crippen LogP contribution in [0, 0.1) is 0 Å². The van der Waals surface area contributed by atoms with Gasteiger partial charge in [0.25, 0.3) is 0 Å². The summed E-state index contributed by atoms with van der Waals surface area (Å²) in [6.45, 7) is 5.32. The fourth-order valence-corrected chi connectivity index (χ4v) is 3.19. The molecular formula is C16H22N4O. The van der Waals surface area contributed by atoms with Crippen molar-refractivity contribution in [3.05, 3.63) is 29.9 Å². The molecule has 0 spiro atoms. The van der Waals surface area contributed by atoms with Gasteiger partial charge in [0.15, 0.2) is 0 Å². The van der Waals surface area contributed by atoms with Crippen molar-refractivity contribution in [2.45, 2.75) is 51.5 Å². The first-order chi connectivity index (χ1) is 10.3. The van der Waals surface area contributed by atoms with Crippen LogP contribution in [-0.4, -0.2) is 21.7 Å². The predicted octanol–water partition coefficient (Wildman–Crippen LogP) is 3.07. The number of hydrogen-bond acceptors (Lipinski definition) is 5. The first-order valence-corrected chi connectivity index (χ1v) is 7.81. The van der Waals surface area contributed by atoms with Crippen molar-refractivity contribution in [1.29, 1.82) is 0 Å². The molecule has 0 aromatic carbocycles. The summed E-state index contributed by atoms with van der Waals surface area (Å²) < 4.78 is 5.61. The summed E-state index contributed by atoms with van der Waals surface area (Å²) in [5.41, 5.74) is 2.04. The Morgan fingerprint density at radius 1 is 1.38 bits per heavy atom. The number of nitrogens with one attached hydrogen (secondary N) is 1. The molecule has 5 heteroatoms. The molecule has 1 N–H and O–H groups in total. The van der Waals surface area contributed by atoms with Crippen molar-refractivity contribution in [2.75, 3.05) is 6.54 Å². The summed E-state index contributed by atoms with van der Waals surface area (Å²) in [7, 11) is 0. The fraction of sp³-hybridized carbons (Fsp3) is 0.562. The minimum atomic E-state index is -0.126. The zero-order chi connectivity index (χ0) is 14.7. The van der Waals surface area contributed by atoms with Gasteiger partial charge in [-0.1, -0.05) is 25.4 Å². The van der Waals surface area contributed by atoms with Gasteiger partial charge in [0, 0.05) is 18.0 Å². The molecule has 3 heterocycles. The van der Waals surface area contributed by atoms with E-state index in [2.05, 4.69) is 29.3 Å². The van der Waals surface area contributed by atoms with Crippen LogP contribution in [-0.2, 0) is 12.0 Å². The van der Waals surface area contributed by atoms with Crippen molar-refractivity contribution in [3.8, 4) is 11.4 Å². The molecule has 2 aromatic heterocycles. The van der Waals surface area contributed by atoms with E-state index >= 15 is 0 Å². The molecule has 2 aromatic rings. The standard InChI is InChI=1S/C16H22N4O/c1-3-7-16(8-5-9-18-16)15-19-14(20-21-15)13-6-10-17-11-12(13)4-2/h6,10-11,18H,3-5,7-9H2,1-2H3. The minimum absolute atomic E-state index is 0.126. The molecule has 1 aliphatic heterocycles. The second-order valence-electron chi connectivity index (χ2n) is 5.67. The van der Waals surface area contributed by atoms with E-state index in [1.165, 1.54) is 0 Å². The molecule has 1 unspecified atom stereocenters. The zero-order valence-corrected chi connectivity index (χ0v) is 12.7. The molecule has 5 nitrogen and oxygen atoms in total. The topological polar surface area (TPSA) is 63.8 Å². The van der Waals surface area contributed by atoms with Gasteiger partial charge in [0.05, 0.1) is 5.54 Å². The maximum atomic E-state index is 5.61. The Labute approximate surface area is 125 Å². The van der Waals surface area contributed by atoms with Gasteiger partial charge in [-0.2, -0.15) is 4.98 Å². The van der Waals surface area contributed by atoms with Crippen molar-refractivity contribution in [2.24, 2.45) is 0 Å². The summed E-state index contributed by atoms with van der Waals surface area (Å²) >= 11 is 0. The molecule has 0 saturated carbocycles. The lowest BCUT2D eigenvalue weighted by molar-refractivity contribution is 0.241. The van der Waals surface area contributed by atoms with Crippen molar-refractivity contribution >= 4 is 0 Å². The van der Waals surface area contributed by atoms with Crippen LogP contribution in [0.4, 0.5) is 0 Å². The molecule has 3 rings (SSSR count). The third kappa shape index (κ3) is 2.58. The molecular weight excluding hydrogens is 264 g/mol. The minimum Gasteiger partial charge on any atom is -0.337 e. The Morgan fingerprint density at radius 2 is 2.29 bits per heavy atom. The van der Waals surface area contributed by atoms with E-state index in [1.54, 1.807) is 6.20 Å². The Hall–Kier alpha value is -1.75. The van der Waals surface area contributed by atoms with E-state index in [0.29, 0.717) is 5.82 Å². The highest BCUT2D eigenvalue weighted by Gasteiger charge is 2.39. The first-order valence-electron chi connectivity index (χ1n) is 7.81. The lowest BCUT2D eigenvalue weighted by atomic mass is 9.92. The van der Waals surface area contributed by atoms with Crippen LogP contribution in [0.5, 0.6) is 0 Å². The van der Waals surface area contributed by atoms with Crippen LogP contribution in [0.1, 0.15) is 51.0 Å². The average molecular weight is 286 g/mol. The number of aromatic nitrogens is 3. The van der Waals surface area contributed by atoms with Crippen molar-refractivity contribution < 1.29 is 4.52 Å². The molecule has 1 saturated heterocycles. The molecule has 0 aliphatic carbocycles. The SMILES string of the molecule is CCCC1(c2nc(-c3ccncc3CC)no2)CCCN1. The lowest BCUT2D eigenvalue weighted by Crippen LogP contribution is -2.36. The molecule has 112 valence electrons.